The van der Waals surface area contributed by atoms with Gasteiger partial charge >= 0.3 is 6.18 Å². The molecule has 0 saturated heterocycles. The van der Waals surface area contributed by atoms with Gasteiger partial charge < -0.3 is 10.1 Å². The van der Waals surface area contributed by atoms with Gasteiger partial charge in [-0.3, -0.25) is 9.89 Å². The van der Waals surface area contributed by atoms with Crippen molar-refractivity contribution in [3.05, 3.63) is 60.4 Å². The predicted molar refractivity (Wildman–Crippen MR) is 92.0 cm³/mol. The Bertz CT molecular complexity index is 926. The van der Waals surface area contributed by atoms with Crippen molar-refractivity contribution in [3.8, 4) is 17.1 Å². The molecule has 0 spiro atoms. The van der Waals surface area contributed by atoms with Crippen LogP contribution in [0, 0.1) is 0 Å². The third-order valence-electron chi connectivity index (χ3n) is 3.66. The second kappa shape index (κ2) is 7.48. The normalized spacial score (nSPS) is 12.4. The molecule has 0 radical (unpaired) electrons. The van der Waals surface area contributed by atoms with Crippen LogP contribution < -0.4 is 10.1 Å². The second-order valence-corrected chi connectivity index (χ2v) is 5.69. The number of H-pyrrole nitrogens is 1. The van der Waals surface area contributed by atoms with Crippen LogP contribution in [0.5, 0.6) is 5.75 Å². The molecule has 3 rings (SSSR count). The molecule has 1 atom stereocenters. The van der Waals surface area contributed by atoms with Crippen LogP contribution in [0.15, 0.2) is 54.9 Å². The molecule has 2 N–H and O–H groups in total. The summed E-state index contributed by atoms with van der Waals surface area (Å²) in [5.41, 5.74) is 0.373. The quantitative estimate of drug-likeness (QED) is 0.708. The minimum Gasteiger partial charge on any atom is -0.481 e. The predicted octanol–water partition coefficient (Wildman–Crippen LogP) is 3.90. The number of nitrogens with one attached hydrogen (secondary N) is 2. The number of halogens is 3. The molecule has 140 valence electrons. The number of carbonyl (C=O) groups excluding carboxylic acids is 1. The lowest BCUT2D eigenvalue weighted by Gasteiger charge is -2.16. The summed E-state index contributed by atoms with van der Waals surface area (Å²) < 4.78 is 43.6. The number of ether oxygens (including phenoxy) is 1. The molecule has 0 aliphatic rings. The van der Waals surface area contributed by atoms with E-state index in [9.17, 15) is 18.0 Å². The van der Waals surface area contributed by atoms with Crippen LogP contribution >= 0.6 is 0 Å². The van der Waals surface area contributed by atoms with E-state index in [-0.39, 0.29) is 5.75 Å². The van der Waals surface area contributed by atoms with Gasteiger partial charge in [0.2, 0.25) is 0 Å². The van der Waals surface area contributed by atoms with E-state index in [1.165, 1.54) is 25.4 Å². The van der Waals surface area contributed by atoms with Crippen molar-refractivity contribution in [2.24, 2.45) is 0 Å². The summed E-state index contributed by atoms with van der Waals surface area (Å²) in [6, 6.07) is 11.3. The van der Waals surface area contributed by atoms with Gasteiger partial charge in [0.15, 0.2) is 11.9 Å². The SMILES string of the molecule is C[C@@H](Oc1cccc(C(F)(F)F)c1)C(=O)Nc1cccc(-c2ncn[nH]2)c1. The zero-order valence-corrected chi connectivity index (χ0v) is 14.1. The lowest BCUT2D eigenvalue weighted by atomic mass is 10.2. The second-order valence-electron chi connectivity index (χ2n) is 5.69. The summed E-state index contributed by atoms with van der Waals surface area (Å²) in [4.78, 5) is 16.3. The maximum absolute atomic E-state index is 12.8. The molecule has 27 heavy (non-hydrogen) atoms. The molecule has 2 aromatic carbocycles. The number of hydrogen-bond acceptors (Lipinski definition) is 4. The number of carbonyl (C=O) groups is 1. The van der Waals surface area contributed by atoms with Gasteiger partial charge in [0.1, 0.15) is 12.1 Å². The van der Waals surface area contributed by atoms with Crippen molar-refractivity contribution >= 4 is 11.6 Å². The highest BCUT2D eigenvalue weighted by Gasteiger charge is 2.30. The monoisotopic (exact) mass is 376 g/mol. The van der Waals surface area contributed by atoms with Crippen LogP contribution in [-0.4, -0.2) is 27.2 Å². The van der Waals surface area contributed by atoms with Gasteiger partial charge in [-0.25, -0.2) is 4.98 Å². The Morgan fingerprint density at radius 2 is 1.96 bits per heavy atom. The van der Waals surface area contributed by atoms with Gasteiger partial charge in [0.25, 0.3) is 5.91 Å². The highest BCUT2D eigenvalue weighted by atomic mass is 19.4. The van der Waals surface area contributed by atoms with Gasteiger partial charge in [-0.1, -0.05) is 18.2 Å². The minimum absolute atomic E-state index is 0.0390. The molecule has 1 amide bonds. The van der Waals surface area contributed by atoms with Crippen molar-refractivity contribution in [2.75, 3.05) is 5.32 Å². The zero-order valence-electron chi connectivity index (χ0n) is 14.1. The van der Waals surface area contributed by atoms with Gasteiger partial charge in [-0.05, 0) is 37.3 Å². The summed E-state index contributed by atoms with van der Waals surface area (Å²) in [7, 11) is 0. The van der Waals surface area contributed by atoms with Crippen molar-refractivity contribution < 1.29 is 22.7 Å². The van der Waals surface area contributed by atoms with Crippen LogP contribution in [0.1, 0.15) is 12.5 Å². The zero-order chi connectivity index (χ0) is 19.4. The maximum Gasteiger partial charge on any atom is 0.416 e. The average Bonchev–Trinajstić information content (AvgIpc) is 3.16. The summed E-state index contributed by atoms with van der Waals surface area (Å²) >= 11 is 0. The smallest absolute Gasteiger partial charge is 0.416 e. The van der Waals surface area contributed by atoms with E-state index in [1.807, 2.05) is 0 Å². The lowest BCUT2D eigenvalue weighted by molar-refractivity contribution is -0.137. The Morgan fingerprint density at radius 1 is 1.19 bits per heavy atom. The largest absolute Gasteiger partial charge is 0.481 e. The number of hydrogen-bond donors (Lipinski definition) is 2. The molecule has 0 aliphatic heterocycles. The number of rotatable bonds is 5. The van der Waals surface area contributed by atoms with Crippen LogP contribution in [0.3, 0.4) is 0 Å². The Morgan fingerprint density at radius 3 is 2.67 bits per heavy atom. The summed E-state index contributed by atoms with van der Waals surface area (Å²) in [6.07, 6.45) is -4.11. The summed E-state index contributed by atoms with van der Waals surface area (Å²) in [5, 5.41) is 9.14. The molecule has 0 bridgehead atoms. The summed E-state index contributed by atoms with van der Waals surface area (Å²) in [6.45, 7) is 1.45. The Kier molecular flexibility index (Phi) is 5.11. The van der Waals surface area contributed by atoms with E-state index < -0.39 is 23.8 Å². The van der Waals surface area contributed by atoms with Gasteiger partial charge in [0, 0.05) is 11.3 Å². The molecular formula is C18H15F3N4O2. The average molecular weight is 376 g/mol. The van der Waals surface area contributed by atoms with E-state index in [0.717, 1.165) is 17.7 Å². The van der Waals surface area contributed by atoms with Gasteiger partial charge in [-0.2, -0.15) is 18.3 Å². The molecule has 0 aliphatic carbocycles. The topological polar surface area (TPSA) is 79.9 Å². The van der Waals surface area contributed by atoms with E-state index >= 15 is 0 Å². The summed E-state index contributed by atoms with van der Waals surface area (Å²) in [5.74, 6) is 0.00406. The highest BCUT2D eigenvalue weighted by molar-refractivity contribution is 5.94. The van der Waals surface area contributed by atoms with Crippen molar-refractivity contribution in [3.63, 3.8) is 0 Å². The van der Waals surface area contributed by atoms with E-state index in [1.54, 1.807) is 24.3 Å². The lowest BCUT2D eigenvalue weighted by Crippen LogP contribution is -2.30. The van der Waals surface area contributed by atoms with Crippen LogP contribution in [-0.2, 0) is 11.0 Å². The first-order valence-corrected chi connectivity index (χ1v) is 7.93. The Hall–Kier alpha value is -3.36. The number of anilines is 1. The van der Waals surface area contributed by atoms with Crippen LogP contribution in [0.25, 0.3) is 11.4 Å². The third kappa shape index (κ3) is 4.63. The molecular weight excluding hydrogens is 361 g/mol. The maximum atomic E-state index is 12.8. The third-order valence-corrected chi connectivity index (χ3v) is 3.66. The Labute approximate surface area is 152 Å². The standard InChI is InChI=1S/C18H15F3N4O2/c1-11(27-15-7-3-5-13(9-15)18(19,20)21)17(26)24-14-6-2-4-12(8-14)16-22-10-23-25-16/h2-11H,1H3,(H,24,26)(H,22,23,25)/t11-/m1/s1. The van der Waals surface area contributed by atoms with Crippen LogP contribution in [0.2, 0.25) is 0 Å². The Balaban J connectivity index is 1.67. The number of amides is 1. The molecule has 0 saturated carbocycles. The van der Waals surface area contributed by atoms with Crippen molar-refractivity contribution in [2.45, 2.75) is 19.2 Å². The highest BCUT2D eigenvalue weighted by Crippen LogP contribution is 2.31. The number of benzene rings is 2. The molecule has 6 nitrogen and oxygen atoms in total. The van der Waals surface area contributed by atoms with Gasteiger partial charge in [-0.15, -0.1) is 0 Å². The van der Waals surface area contributed by atoms with Crippen molar-refractivity contribution in [1.29, 1.82) is 0 Å². The number of aromatic amines is 1. The fourth-order valence-electron chi connectivity index (χ4n) is 2.34. The van der Waals surface area contributed by atoms with Crippen molar-refractivity contribution in [1.82, 2.24) is 15.2 Å². The molecule has 3 aromatic rings. The van der Waals surface area contributed by atoms with Gasteiger partial charge in [0.05, 0.1) is 5.56 Å². The number of nitrogens with zero attached hydrogens (tertiary/aromatic N) is 2. The number of alkyl halides is 3. The molecule has 1 heterocycles. The molecule has 0 fully saturated rings. The molecule has 0 unspecified atom stereocenters. The first kappa shape index (κ1) is 18.4. The number of aromatic nitrogens is 3. The fraction of sp³-hybridized carbons (Fsp3) is 0.167. The first-order chi connectivity index (χ1) is 12.8. The first-order valence-electron chi connectivity index (χ1n) is 7.93. The minimum atomic E-state index is -4.48. The van der Waals surface area contributed by atoms with E-state index in [0.29, 0.717) is 11.5 Å². The van der Waals surface area contributed by atoms with E-state index in [2.05, 4.69) is 20.5 Å². The van der Waals surface area contributed by atoms with Crippen LogP contribution in [0.4, 0.5) is 18.9 Å². The molecule has 9 heteroatoms. The van der Waals surface area contributed by atoms with E-state index in [4.69, 9.17) is 4.74 Å². The molecule has 1 aromatic heterocycles. The fourth-order valence-corrected chi connectivity index (χ4v) is 2.34.